The molecule has 0 atom stereocenters. The molecule has 1 aromatic rings. The molecule has 1 rings (SSSR count). The summed E-state index contributed by atoms with van der Waals surface area (Å²) in [6.45, 7) is 9.43. The summed E-state index contributed by atoms with van der Waals surface area (Å²) in [6, 6.07) is 5.98. The van der Waals surface area contributed by atoms with Crippen LogP contribution in [0.2, 0.25) is 0 Å². The first kappa shape index (κ1) is 22.8. The van der Waals surface area contributed by atoms with E-state index in [2.05, 4.69) is 36.4 Å². The molecule has 138 valence electrons. The number of ether oxygens (including phenoxy) is 2. The highest BCUT2D eigenvalue weighted by Crippen LogP contribution is 2.28. The zero-order valence-corrected chi connectivity index (χ0v) is 17.7. The molecule has 0 aliphatic rings. The molecular formula is C18H32IN3O2. The van der Waals surface area contributed by atoms with Crippen LogP contribution in [0.4, 0.5) is 0 Å². The minimum absolute atomic E-state index is 0. The summed E-state index contributed by atoms with van der Waals surface area (Å²) in [5, 5.41) is 6.61. The maximum Gasteiger partial charge on any atom is 0.191 e. The summed E-state index contributed by atoms with van der Waals surface area (Å²) in [7, 11) is 1.66. The molecule has 1 aromatic carbocycles. The molecule has 0 heterocycles. The fourth-order valence-corrected chi connectivity index (χ4v) is 2.04. The zero-order chi connectivity index (χ0) is 16.9. The van der Waals surface area contributed by atoms with Crippen molar-refractivity contribution in [2.24, 2.45) is 4.99 Å². The van der Waals surface area contributed by atoms with E-state index in [4.69, 9.17) is 9.47 Å². The molecule has 0 fully saturated rings. The Morgan fingerprint density at radius 3 is 2.50 bits per heavy atom. The average Bonchev–Trinajstić information content (AvgIpc) is 2.58. The van der Waals surface area contributed by atoms with Gasteiger partial charge in [-0.15, -0.1) is 24.0 Å². The van der Waals surface area contributed by atoms with Gasteiger partial charge >= 0.3 is 0 Å². The van der Waals surface area contributed by atoms with Gasteiger partial charge in [0.15, 0.2) is 17.5 Å². The largest absolute Gasteiger partial charge is 0.493 e. The van der Waals surface area contributed by atoms with Gasteiger partial charge in [0, 0.05) is 13.1 Å². The first-order valence-electron chi connectivity index (χ1n) is 8.57. The lowest BCUT2D eigenvalue weighted by molar-refractivity contribution is 0.294. The number of methoxy groups -OCH3 is 1. The van der Waals surface area contributed by atoms with Crippen LogP contribution in [0.1, 0.15) is 45.6 Å². The third-order valence-corrected chi connectivity index (χ3v) is 3.28. The van der Waals surface area contributed by atoms with E-state index < -0.39 is 0 Å². The highest BCUT2D eigenvalue weighted by molar-refractivity contribution is 14.0. The highest BCUT2D eigenvalue weighted by Gasteiger charge is 2.06. The minimum Gasteiger partial charge on any atom is -0.493 e. The van der Waals surface area contributed by atoms with Gasteiger partial charge in [-0.2, -0.15) is 0 Å². The highest BCUT2D eigenvalue weighted by atomic mass is 127. The molecule has 0 aromatic heterocycles. The Labute approximate surface area is 163 Å². The number of guanidine groups is 1. The summed E-state index contributed by atoms with van der Waals surface area (Å²) < 4.78 is 11.1. The van der Waals surface area contributed by atoms with Gasteiger partial charge in [-0.05, 0) is 37.5 Å². The van der Waals surface area contributed by atoms with Gasteiger partial charge in [0.25, 0.3) is 0 Å². The van der Waals surface area contributed by atoms with Crippen LogP contribution in [0.25, 0.3) is 0 Å². The summed E-state index contributed by atoms with van der Waals surface area (Å²) in [6.07, 6.45) is 3.29. The Hall–Kier alpha value is -1.18. The smallest absolute Gasteiger partial charge is 0.191 e. The second kappa shape index (κ2) is 14.2. The number of benzene rings is 1. The number of nitrogens with zero attached hydrogens (tertiary/aromatic N) is 1. The number of hydrogen-bond acceptors (Lipinski definition) is 3. The van der Waals surface area contributed by atoms with E-state index in [0.29, 0.717) is 13.2 Å². The average molecular weight is 449 g/mol. The normalized spacial score (nSPS) is 10.8. The number of halogens is 1. The van der Waals surface area contributed by atoms with E-state index in [0.717, 1.165) is 49.0 Å². The Morgan fingerprint density at radius 2 is 1.88 bits per heavy atom. The first-order chi connectivity index (χ1) is 11.2. The molecule has 0 amide bonds. The van der Waals surface area contributed by atoms with E-state index >= 15 is 0 Å². The predicted molar refractivity (Wildman–Crippen MR) is 112 cm³/mol. The molecule has 6 heteroatoms. The molecule has 0 unspecified atom stereocenters. The second-order valence-corrected chi connectivity index (χ2v) is 5.31. The summed E-state index contributed by atoms with van der Waals surface area (Å²) in [5.74, 6) is 2.40. The van der Waals surface area contributed by atoms with Crippen LogP contribution in [0.5, 0.6) is 11.5 Å². The second-order valence-electron chi connectivity index (χ2n) is 5.31. The van der Waals surface area contributed by atoms with Crippen molar-refractivity contribution in [2.75, 3.05) is 26.8 Å². The standard InChI is InChI=1S/C18H31N3O2.HI/c1-5-8-11-20-18(19-7-3)21-14-15-9-10-16(23-12-6-2)17(13-15)22-4;/h9-10,13H,5-8,11-12,14H2,1-4H3,(H2,19,20,21);1H. The van der Waals surface area contributed by atoms with Gasteiger partial charge in [0.1, 0.15) is 0 Å². The van der Waals surface area contributed by atoms with Crippen LogP contribution in [0.15, 0.2) is 23.2 Å². The van der Waals surface area contributed by atoms with Crippen LogP contribution in [0, 0.1) is 0 Å². The molecule has 0 aliphatic heterocycles. The Morgan fingerprint density at radius 1 is 1.08 bits per heavy atom. The molecule has 24 heavy (non-hydrogen) atoms. The van der Waals surface area contributed by atoms with E-state index in [9.17, 15) is 0 Å². The molecule has 0 radical (unpaired) electrons. The number of rotatable bonds is 10. The summed E-state index contributed by atoms with van der Waals surface area (Å²) >= 11 is 0. The Balaban J connectivity index is 0.00000529. The number of hydrogen-bond donors (Lipinski definition) is 2. The summed E-state index contributed by atoms with van der Waals surface area (Å²) in [4.78, 5) is 4.62. The molecule has 2 N–H and O–H groups in total. The molecule has 5 nitrogen and oxygen atoms in total. The van der Waals surface area contributed by atoms with Crippen molar-refractivity contribution in [3.8, 4) is 11.5 Å². The van der Waals surface area contributed by atoms with Gasteiger partial charge in [0.2, 0.25) is 0 Å². The molecule has 0 saturated carbocycles. The van der Waals surface area contributed by atoms with Crippen molar-refractivity contribution in [3.05, 3.63) is 23.8 Å². The van der Waals surface area contributed by atoms with Gasteiger partial charge < -0.3 is 20.1 Å². The maximum absolute atomic E-state index is 5.68. The monoisotopic (exact) mass is 449 g/mol. The maximum atomic E-state index is 5.68. The Kier molecular flexibility index (Phi) is 13.5. The lowest BCUT2D eigenvalue weighted by Gasteiger charge is -2.12. The van der Waals surface area contributed by atoms with Crippen molar-refractivity contribution in [1.82, 2.24) is 10.6 Å². The van der Waals surface area contributed by atoms with Crippen LogP contribution < -0.4 is 20.1 Å². The van der Waals surface area contributed by atoms with Crippen molar-refractivity contribution in [1.29, 1.82) is 0 Å². The topological polar surface area (TPSA) is 54.9 Å². The van der Waals surface area contributed by atoms with Crippen molar-refractivity contribution >= 4 is 29.9 Å². The van der Waals surface area contributed by atoms with E-state index in [1.165, 1.54) is 6.42 Å². The van der Waals surface area contributed by atoms with Crippen LogP contribution in [0.3, 0.4) is 0 Å². The number of aliphatic imine (C=N–C) groups is 1. The SMILES string of the molecule is CCCCNC(=NCc1ccc(OCCC)c(OC)c1)NCC.I. The fourth-order valence-electron chi connectivity index (χ4n) is 2.04. The van der Waals surface area contributed by atoms with E-state index in [-0.39, 0.29) is 24.0 Å². The van der Waals surface area contributed by atoms with E-state index in [1.54, 1.807) is 7.11 Å². The lowest BCUT2D eigenvalue weighted by Crippen LogP contribution is -2.37. The van der Waals surface area contributed by atoms with Crippen LogP contribution in [-0.4, -0.2) is 32.8 Å². The van der Waals surface area contributed by atoms with Gasteiger partial charge in [-0.25, -0.2) is 4.99 Å². The van der Waals surface area contributed by atoms with Gasteiger partial charge in [-0.3, -0.25) is 0 Å². The van der Waals surface area contributed by atoms with Crippen molar-refractivity contribution < 1.29 is 9.47 Å². The third-order valence-electron chi connectivity index (χ3n) is 3.28. The van der Waals surface area contributed by atoms with Gasteiger partial charge in [0.05, 0.1) is 20.3 Å². The minimum atomic E-state index is 0. The first-order valence-corrected chi connectivity index (χ1v) is 8.57. The number of unbranched alkanes of at least 4 members (excludes halogenated alkanes) is 1. The molecule has 0 saturated heterocycles. The van der Waals surface area contributed by atoms with Crippen LogP contribution >= 0.6 is 24.0 Å². The molecule has 0 aliphatic carbocycles. The quantitative estimate of drug-likeness (QED) is 0.246. The zero-order valence-electron chi connectivity index (χ0n) is 15.4. The van der Waals surface area contributed by atoms with Gasteiger partial charge in [-0.1, -0.05) is 26.3 Å². The number of nitrogens with one attached hydrogen (secondary N) is 2. The molecular weight excluding hydrogens is 417 g/mol. The van der Waals surface area contributed by atoms with Crippen molar-refractivity contribution in [2.45, 2.75) is 46.6 Å². The summed E-state index contributed by atoms with van der Waals surface area (Å²) in [5.41, 5.74) is 1.10. The Bertz CT molecular complexity index is 481. The van der Waals surface area contributed by atoms with Crippen LogP contribution in [-0.2, 0) is 6.54 Å². The molecule has 0 bridgehead atoms. The lowest BCUT2D eigenvalue weighted by atomic mass is 10.2. The third kappa shape index (κ3) is 8.61. The van der Waals surface area contributed by atoms with E-state index in [1.807, 2.05) is 18.2 Å². The van der Waals surface area contributed by atoms with Crippen molar-refractivity contribution in [3.63, 3.8) is 0 Å². The molecule has 0 spiro atoms. The fraction of sp³-hybridized carbons (Fsp3) is 0.611. The predicted octanol–water partition coefficient (Wildman–Crippen LogP) is 3.96.